The van der Waals surface area contributed by atoms with Crippen LogP contribution in [0.3, 0.4) is 0 Å². The van der Waals surface area contributed by atoms with E-state index in [0.29, 0.717) is 17.4 Å². The summed E-state index contributed by atoms with van der Waals surface area (Å²) in [6.07, 6.45) is 2.19. The van der Waals surface area contributed by atoms with Gasteiger partial charge in [-0.15, -0.1) is 11.3 Å². The van der Waals surface area contributed by atoms with Crippen molar-refractivity contribution in [1.82, 2.24) is 9.97 Å². The molecule has 2 rings (SSSR count). The van der Waals surface area contributed by atoms with Gasteiger partial charge in [0, 0.05) is 23.2 Å². The number of nitrogens with zero attached hydrogens (tertiary/aromatic N) is 4. The maximum Gasteiger partial charge on any atom is 0.311 e. The molecule has 0 aliphatic heterocycles. The minimum atomic E-state index is -0.501. The molecule has 0 aliphatic rings. The smallest absolute Gasteiger partial charge is 0.311 e. The molecule has 2 aromatic heterocycles. The average molecular weight is 373 g/mol. The van der Waals surface area contributed by atoms with Crippen molar-refractivity contribution < 1.29 is 14.8 Å². The van der Waals surface area contributed by atoms with Crippen molar-refractivity contribution in [2.75, 3.05) is 18.6 Å². The first kappa shape index (κ1) is 18.4. The van der Waals surface area contributed by atoms with Crippen molar-refractivity contribution in [1.29, 1.82) is 0 Å². The Hall–Kier alpha value is -1.97. The Kier molecular flexibility index (Phi) is 6.29. The average Bonchev–Trinajstić information content (AvgIpc) is 2.99. The second kappa shape index (κ2) is 8.22. The Morgan fingerprint density at radius 3 is 2.79 bits per heavy atom. The second-order valence-electron chi connectivity index (χ2n) is 4.91. The number of hydrogen-bond acceptors (Lipinski definition) is 8. The van der Waals surface area contributed by atoms with Gasteiger partial charge in [-0.3, -0.25) is 10.1 Å². The summed E-state index contributed by atoms with van der Waals surface area (Å²) in [4.78, 5) is 21.6. The zero-order valence-electron chi connectivity index (χ0n) is 13.2. The van der Waals surface area contributed by atoms with E-state index in [0.717, 1.165) is 4.88 Å². The summed E-state index contributed by atoms with van der Waals surface area (Å²) in [7, 11) is 1.44. The van der Waals surface area contributed by atoms with E-state index >= 15 is 0 Å². The zero-order chi connectivity index (χ0) is 17.7. The first-order valence-electron chi connectivity index (χ1n) is 7.17. The van der Waals surface area contributed by atoms with Gasteiger partial charge in [-0.05, 0) is 6.42 Å². The Labute approximate surface area is 147 Å². The highest BCUT2D eigenvalue weighted by atomic mass is 35.5. The number of hydrogen-bond donors (Lipinski definition) is 1. The maximum absolute atomic E-state index is 11.4. The van der Waals surface area contributed by atoms with Crippen LogP contribution in [0, 0.1) is 10.1 Å². The molecule has 130 valence electrons. The van der Waals surface area contributed by atoms with E-state index in [-0.39, 0.29) is 30.0 Å². The van der Waals surface area contributed by atoms with Crippen molar-refractivity contribution in [2.45, 2.75) is 25.9 Å². The van der Waals surface area contributed by atoms with Gasteiger partial charge < -0.3 is 14.7 Å². The van der Waals surface area contributed by atoms with Crippen molar-refractivity contribution in [3.8, 4) is 5.88 Å². The number of aliphatic hydroxyl groups excluding tert-OH is 1. The Bertz CT molecular complexity index is 708. The lowest BCUT2D eigenvalue weighted by atomic mass is 10.2. The van der Waals surface area contributed by atoms with E-state index in [2.05, 4.69) is 9.97 Å². The molecule has 0 bridgehead atoms. The number of thiazole rings is 1. The van der Waals surface area contributed by atoms with Crippen LogP contribution in [0.1, 0.15) is 18.2 Å². The number of rotatable bonds is 8. The summed E-state index contributed by atoms with van der Waals surface area (Å²) in [5.41, 5.74) is -0.154. The molecular weight excluding hydrogens is 356 g/mol. The van der Waals surface area contributed by atoms with Crippen LogP contribution in [0.25, 0.3) is 0 Å². The van der Waals surface area contributed by atoms with Gasteiger partial charge in [0.15, 0.2) is 4.47 Å². The fourth-order valence-corrected chi connectivity index (χ4v) is 3.22. The third-order valence-corrected chi connectivity index (χ3v) is 4.58. The quantitative estimate of drug-likeness (QED) is 0.561. The first-order chi connectivity index (χ1) is 11.5. The Morgan fingerprint density at radius 2 is 2.29 bits per heavy atom. The lowest BCUT2D eigenvalue weighted by Gasteiger charge is -2.30. The molecule has 1 unspecified atom stereocenters. The third kappa shape index (κ3) is 4.11. The molecular formula is C14H17ClN4O4S. The van der Waals surface area contributed by atoms with Crippen LogP contribution >= 0.6 is 22.9 Å². The molecule has 2 aromatic rings. The molecule has 1 atom stereocenters. The zero-order valence-corrected chi connectivity index (χ0v) is 14.8. The number of aromatic nitrogens is 2. The van der Waals surface area contributed by atoms with Crippen LogP contribution < -0.4 is 9.64 Å². The fourth-order valence-electron chi connectivity index (χ4n) is 2.24. The summed E-state index contributed by atoms with van der Waals surface area (Å²) in [6, 6.07) is 2.44. The molecule has 0 saturated carbocycles. The summed E-state index contributed by atoms with van der Waals surface area (Å²) >= 11 is 7.14. The summed E-state index contributed by atoms with van der Waals surface area (Å²) in [5.74, 6) is 0.403. The normalized spacial score (nSPS) is 12.0. The number of anilines is 1. The number of methoxy groups -OCH3 is 1. The van der Waals surface area contributed by atoms with Crippen LogP contribution in [0.15, 0.2) is 18.3 Å². The van der Waals surface area contributed by atoms with E-state index in [9.17, 15) is 15.2 Å². The second-order valence-corrected chi connectivity index (χ2v) is 6.60. The topological polar surface area (TPSA) is 102 Å². The van der Waals surface area contributed by atoms with E-state index < -0.39 is 4.92 Å². The molecule has 0 radical (unpaired) electrons. The van der Waals surface area contributed by atoms with E-state index in [1.807, 2.05) is 6.92 Å². The largest absolute Gasteiger partial charge is 0.481 e. The summed E-state index contributed by atoms with van der Waals surface area (Å²) in [6.45, 7) is 2.02. The number of nitro groups is 1. The van der Waals surface area contributed by atoms with Gasteiger partial charge in [0.1, 0.15) is 0 Å². The first-order valence-corrected chi connectivity index (χ1v) is 8.36. The van der Waals surface area contributed by atoms with Gasteiger partial charge in [0.25, 0.3) is 0 Å². The maximum atomic E-state index is 11.4. The van der Waals surface area contributed by atoms with Gasteiger partial charge in [-0.2, -0.15) is 4.98 Å². The van der Waals surface area contributed by atoms with Crippen LogP contribution in [0.2, 0.25) is 4.47 Å². The minimum Gasteiger partial charge on any atom is -0.481 e. The van der Waals surface area contributed by atoms with E-state index in [1.165, 1.54) is 30.6 Å². The molecule has 2 heterocycles. The highest BCUT2D eigenvalue weighted by Gasteiger charge is 2.27. The van der Waals surface area contributed by atoms with E-state index in [4.69, 9.17) is 16.3 Å². The lowest BCUT2D eigenvalue weighted by molar-refractivity contribution is -0.384. The molecule has 1 N–H and O–H groups in total. The number of aliphatic hydroxyl groups is 1. The molecule has 10 heteroatoms. The third-order valence-electron chi connectivity index (χ3n) is 3.48. The highest BCUT2D eigenvalue weighted by Crippen LogP contribution is 2.32. The molecule has 0 saturated heterocycles. The van der Waals surface area contributed by atoms with Crippen molar-refractivity contribution >= 4 is 34.4 Å². The van der Waals surface area contributed by atoms with Crippen LogP contribution in [-0.4, -0.2) is 39.8 Å². The Balaban J connectivity index is 2.50. The standard InChI is InChI=1S/C14H17ClN4O4S/c1-3-9(8-20)18(7-10-6-16-14(15)24-10)13-11(19(21)22)4-5-12(17-13)23-2/h4-6,9,20H,3,7-8H2,1-2H3. The highest BCUT2D eigenvalue weighted by molar-refractivity contribution is 7.15. The molecule has 0 aliphatic carbocycles. The summed E-state index contributed by atoms with van der Waals surface area (Å²) in [5, 5.41) is 21.1. The van der Waals surface area contributed by atoms with E-state index in [1.54, 1.807) is 11.1 Å². The molecule has 0 spiro atoms. The van der Waals surface area contributed by atoms with Crippen molar-refractivity contribution in [3.63, 3.8) is 0 Å². The predicted octanol–water partition coefficient (Wildman–Crippen LogP) is 2.89. The number of ether oxygens (including phenoxy) is 1. The van der Waals surface area contributed by atoms with Gasteiger partial charge in [0.2, 0.25) is 11.7 Å². The predicted molar refractivity (Wildman–Crippen MR) is 91.9 cm³/mol. The SMILES string of the molecule is CCC(CO)N(Cc1cnc(Cl)s1)c1nc(OC)ccc1[N+](=O)[O-]. The van der Waals surface area contributed by atoms with Crippen LogP contribution in [0.5, 0.6) is 5.88 Å². The molecule has 0 amide bonds. The Morgan fingerprint density at radius 1 is 1.54 bits per heavy atom. The molecule has 0 aromatic carbocycles. The molecule has 8 nitrogen and oxygen atoms in total. The number of pyridine rings is 1. The van der Waals surface area contributed by atoms with Crippen LogP contribution in [-0.2, 0) is 6.54 Å². The van der Waals surface area contributed by atoms with Crippen molar-refractivity contribution in [2.24, 2.45) is 0 Å². The molecule has 24 heavy (non-hydrogen) atoms. The van der Waals surface area contributed by atoms with Gasteiger partial charge in [-0.25, -0.2) is 4.98 Å². The number of halogens is 1. The fraction of sp³-hybridized carbons (Fsp3) is 0.429. The monoisotopic (exact) mass is 372 g/mol. The molecule has 0 fully saturated rings. The van der Waals surface area contributed by atoms with Gasteiger partial charge in [0.05, 0.1) is 31.2 Å². The van der Waals surface area contributed by atoms with Gasteiger partial charge in [-0.1, -0.05) is 18.5 Å². The van der Waals surface area contributed by atoms with Gasteiger partial charge >= 0.3 is 5.69 Å². The van der Waals surface area contributed by atoms with Crippen LogP contribution in [0.4, 0.5) is 11.5 Å². The summed E-state index contributed by atoms with van der Waals surface area (Å²) < 4.78 is 5.47. The van der Waals surface area contributed by atoms with Crippen molar-refractivity contribution in [3.05, 3.63) is 37.8 Å². The lowest BCUT2D eigenvalue weighted by Crippen LogP contribution is -2.38. The minimum absolute atomic E-state index is 0.143.